The fourth-order valence-corrected chi connectivity index (χ4v) is 4.02. The summed E-state index contributed by atoms with van der Waals surface area (Å²) in [6, 6.07) is 11.6. The summed E-state index contributed by atoms with van der Waals surface area (Å²) in [6.07, 6.45) is 0.699. The van der Waals surface area contributed by atoms with E-state index in [9.17, 15) is 18.4 Å². The Bertz CT molecular complexity index is 1130. The number of aromatic nitrogens is 3. The molecule has 1 aliphatic heterocycles. The van der Waals surface area contributed by atoms with Gasteiger partial charge in [-0.1, -0.05) is 18.2 Å². The van der Waals surface area contributed by atoms with Crippen LogP contribution < -0.4 is 11.1 Å². The fraction of sp³-hybridized carbons (Fsp3) is 0.381. The first-order valence-electron chi connectivity index (χ1n) is 9.72. The number of fused-ring (bicyclic) bond motifs is 1. The molecule has 0 spiro atoms. The molecule has 1 aliphatic rings. The van der Waals surface area contributed by atoms with Crippen molar-refractivity contribution in [1.82, 2.24) is 19.0 Å². The largest absolute Gasteiger partial charge is 0.314 e. The zero-order valence-electron chi connectivity index (χ0n) is 15.9. The average Bonchev–Trinajstić information content (AvgIpc) is 3.17. The van der Waals surface area contributed by atoms with Crippen molar-refractivity contribution in [2.24, 2.45) is 0 Å². The third kappa shape index (κ3) is 3.98. The van der Waals surface area contributed by atoms with Crippen LogP contribution in [0.4, 0.5) is 8.78 Å². The summed E-state index contributed by atoms with van der Waals surface area (Å²) in [4.78, 5) is 31.6. The van der Waals surface area contributed by atoms with Crippen molar-refractivity contribution >= 4 is 10.9 Å². The quantitative estimate of drug-likeness (QED) is 0.638. The maximum absolute atomic E-state index is 13.2. The average molecular weight is 400 g/mol. The summed E-state index contributed by atoms with van der Waals surface area (Å²) in [5.74, 6) is 0.381. The van der Waals surface area contributed by atoms with Crippen LogP contribution >= 0.6 is 0 Å². The maximum Gasteiger partial charge on any atom is 0.261 e. The second-order valence-electron chi connectivity index (χ2n) is 7.22. The molecule has 3 heterocycles. The molecule has 1 saturated heterocycles. The van der Waals surface area contributed by atoms with E-state index in [0.717, 1.165) is 24.0 Å². The van der Waals surface area contributed by atoms with Gasteiger partial charge in [-0.3, -0.25) is 19.1 Å². The van der Waals surface area contributed by atoms with Crippen LogP contribution in [0.5, 0.6) is 0 Å². The van der Waals surface area contributed by atoms with Crippen LogP contribution in [0.2, 0.25) is 0 Å². The molecular weight excluding hydrogens is 378 g/mol. The van der Waals surface area contributed by atoms with Crippen molar-refractivity contribution in [2.75, 3.05) is 13.1 Å². The van der Waals surface area contributed by atoms with Gasteiger partial charge in [-0.25, -0.2) is 13.8 Å². The lowest BCUT2D eigenvalue weighted by molar-refractivity contribution is 0.120. The minimum Gasteiger partial charge on any atom is -0.314 e. The summed E-state index contributed by atoms with van der Waals surface area (Å²) in [7, 11) is 0. The van der Waals surface area contributed by atoms with Crippen molar-refractivity contribution < 1.29 is 8.78 Å². The van der Waals surface area contributed by atoms with Crippen molar-refractivity contribution in [3.05, 3.63) is 75.2 Å². The van der Waals surface area contributed by atoms with Gasteiger partial charge in [-0.15, -0.1) is 0 Å². The van der Waals surface area contributed by atoms with Gasteiger partial charge < -0.3 is 4.57 Å². The van der Waals surface area contributed by atoms with Crippen molar-refractivity contribution in [2.45, 2.75) is 38.4 Å². The number of hydrogen-bond donors (Lipinski definition) is 0. The topological polar surface area (TPSA) is 60.1 Å². The van der Waals surface area contributed by atoms with Crippen LogP contribution in [0.3, 0.4) is 0 Å². The molecular formula is C21H22F2N4O2. The van der Waals surface area contributed by atoms with E-state index in [-0.39, 0.29) is 11.6 Å². The second-order valence-corrected chi connectivity index (χ2v) is 7.22. The highest BCUT2D eigenvalue weighted by Gasteiger charge is 2.30. The van der Waals surface area contributed by atoms with E-state index in [0.29, 0.717) is 29.8 Å². The maximum atomic E-state index is 13.2. The normalized spacial score (nSPS) is 17.4. The molecule has 0 aliphatic carbocycles. The van der Waals surface area contributed by atoms with Gasteiger partial charge in [-0.2, -0.15) is 0 Å². The van der Waals surface area contributed by atoms with Crippen LogP contribution in [0.15, 0.2) is 58.3 Å². The molecule has 4 rings (SSSR count). The molecule has 0 radical (unpaired) electrons. The zero-order valence-corrected chi connectivity index (χ0v) is 15.9. The molecule has 0 amide bonds. The molecule has 152 valence electrons. The van der Waals surface area contributed by atoms with Crippen molar-refractivity contribution in [3.8, 4) is 0 Å². The minimum absolute atomic E-state index is 0.0818. The number of benzene rings is 1. The molecule has 1 fully saturated rings. The SMILES string of the molecule is O=c1ccccn1CCN1CCCC1c1nc2ccccc2c(=O)n1CC(F)F. The molecule has 2 aromatic heterocycles. The Morgan fingerprint density at radius 1 is 1.07 bits per heavy atom. The molecule has 1 unspecified atom stereocenters. The number of hydrogen-bond acceptors (Lipinski definition) is 4. The van der Waals surface area contributed by atoms with Crippen molar-refractivity contribution in [1.29, 1.82) is 0 Å². The third-order valence-electron chi connectivity index (χ3n) is 5.40. The molecule has 1 aromatic carbocycles. The Kier molecular flexibility index (Phi) is 5.53. The number of halogens is 2. The van der Waals surface area contributed by atoms with Gasteiger partial charge in [0, 0.05) is 25.4 Å². The Morgan fingerprint density at radius 2 is 1.86 bits per heavy atom. The highest BCUT2D eigenvalue weighted by Crippen LogP contribution is 2.31. The summed E-state index contributed by atoms with van der Waals surface area (Å²) >= 11 is 0. The predicted octanol–water partition coefficient (Wildman–Crippen LogP) is 2.66. The number of likely N-dealkylation sites (tertiary alicyclic amines) is 1. The third-order valence-corrected chi connectivity index (χ3v) is 5.40. The summed E-state index contributed by atoms with van der Waals surface area (Å²) in [5.41, 5.74) is 0.00265. The lowest BCUT2D eigenvalue weighted by Crippen LogP contribution is -2.35. The summed E-state index contributed by atoms with van der Waals surface area (Å²) < 4.78 is 29.2. The highest BCUT2D eigenvalue weighted by atomic mass is 19.3. The van der Waals surface area contributed by atoms with E-state index in [1.807, 2.05) is 0 Å². The Balaban J connectivity index is 1.69. The molecule has 29 heavy (non-hydrogen) atoms. The highest BCUT2D eigenvalue weighted by molar-refractivity contribution is 5.77. The van der Waals surface area contributed by atoms with Gasteiger partial charge in [0.2, 0.25) is 0 Å². The second kappa shape index (κ2) is 8.24. The monoisotopic (exact) mass is 400 g/mol. The Morgan fingerprint density at radius 3 is 2.66 bits per heavy atom. The Hall–Kier alpha value is -2.87. The lowest BCUT2D eigenvalue weighted by atomic mass is 10.1. The molecule has 1 atom stereocenters. The standard InChI is InChI=1S/C21H22F2N4O2/c22-18(23)14-27-20(24-16-7-2-1-6-15(16)21(27)29)17-8-5-11-25(17)12-13-26-10-4-3-9-19(26)28/h1-4,6-7,9-10,17-18H,5,8,11-14H2. The molecule has 0 saturated carbocycles. The molecule has 8 heteroatoms. The van der Waals surface area contributed by atoms with E-state index in [4.69, 9.17) is 0 Å². The molecule has 3 aromatic rings. The molecule has 6 nitrogen and oxygen atoms in total. The number of rotatable bonds is 6. The number of para-hydroxylation sites is 1. The number of pyridine rings is 1. The smallest absolute Gasteiger partial charge is 0.261 e. The van der Waals surface area contributed by atoms with Crippen LogP contribution in [0.25, 0.3) is 10.9 Å². The van der Waals surface area contributed by atoms with Gasteiger partial charge in [0.15, 0.2) is 0 Å². The van der Waals surface area contributed by atoms with Crippen LogP contribution in [0.1, 0.15) is 24.7 Å². The van der Waals surface area contributed by atoms with Gasteiger partial charge >= 0.3 is 0 Å². The van der Waals surface area contributed by atoms with Crippen LogP contribution in [0, 0.1) is 0 Å². The van der Waals surface area contributed by atoms with E-state index in [1.54, 1.807) is 47.2 Å². The van der Waals surface area contributed by atoms with Gasteiger partial charge in [0.25, 0.3) is 17.5 Å². The summed E-state index contributed by atoms with van der Waals surface area (Å²) in [6.45, 7) is 1.16. The summed E-state index contributed by atoms with van der Waals surface area (Å²) in [5, 5.41) is 0.345. The Labute approximate surface area is 166 Å². The molecule has 0 N–H and O–H groups in total. The molecule has 0 bridgehead atoms. The number of alkyl halides is 2. The predicted molar refractivity (Wildman–Crippen MR) is 106 cm³/mol. The van der Waals surface area contributed by atoms with E-state index in [2.05, 4.69) is 9.88 Å². The fourth-order valence-electron chi connectivity index (χ4n) is 4.02. The van der Waals surface area contributed by atoms with E-state index >= 15 is 0 Å². The first-order chi connectivity index (χ1) is 14.0. The van der Waals surface area contributed by atoms with Gasteiger partial charge in [0.05, 0.1) is 23.5 Å². The van der Waals surface area contributed by atoms with Crippen LogP contribution in [-0.4, -0.2) is 38.5 Å². The number of nitrogens with zero attached hydrogens (tertiary/aromatic N) is 4. The first kappa shape index (κ1) is 19.4. The lowest BCUT2D eigenvalue weighted by Gasteiger charge is -2.26. The first-order valence-corrected chi connectivity index (χ1v) is 9.72. The van der Waals surface area contributed by atoms with Gasteiger partial charge in [0.1, 0.15) is 5.82 Å². The zero-order chi connectivity index (χ0) is 20.4. The van der Waals surface area contributed by atoms with E-state index in [1.165, 1.54) is 6.07 Å². The van der Waals surface area contributed by atoms with E-state index < -0.39 is 18.5 Å². The van der Waals surface area contributed by atoms with Crippen LogP contribution in [-0.2, 0) is 13.1 Å². The minimum atomic E-state index is -2.65. The van der Waals surface area contributed by atoms with Gasteiger partial charge in [-0.05, 0) is 37.6 Å². The van der Waals surface area contributed by atoms with Crippen molar-refractivity contribution in [3.63, 3.8) is 0 Å².